The molecule has 2 amide bonds. The number of urea groups is 1. The molecular formula is C25H30N4O2. The number of benzene rings is 2. The number of nitrogens with zero attached hydrogens (tertiary/aromatic N) is 3. The Kier molecular flexibility index (Phi) is 6.67. The number of hydrogen-bond donors (Lipinski definition) is 1. The lowest BCUT2D eigenvalue weighted by molar-refractivity contribution is 0.00540. The van der Waals surface area contributed by atoms with Gasteiger partial charge in [0, 0.05) is 24.5 Å². The predicted octanol–water partition coefficient (Wildman–Crippen LogP) is 4.76. The number of ether oxygens (including phenoxy) is 1. The van der Waals surface area contributed by atoms with Crippen LogP contribution in [0.2, 0.25) is 0 Å². The largest absolute Gasteiger partial charge is 0.373 e. The monoisotopic (exact) mass is 418 g/mol. The summed E-state index contributed by atoms with van der Waals surface area (Å²) in [5, 5.41) is 7.57. The average Bonchev–Trinajstić information content (AvgIpc) is 3.10. The third-order valence-electron chi connectivity index (χ3n) is 5.67. The highest BCUT2D eigenvalue weighted by Crippen LogP contribution is 2.18. The molecule has 2 aromatic carbocycles. The van der Waals surface area contributed by atoms with Crippen molar-refractivity contribution in [3.8, 4) is 0 Å². The van der Waals surface area contributed by atoms with Crippen molar-refractivity contribution in [3.05, 3.63) is 83.2 Å². The Morgan fingerprint density at radius 2 is 1.77 bits per heavy atom. The quantitative estimate of drug-likeness (QED) is 0.628. The van der Waals surface area contributed by atoms with E-state index in [0.29, 0.717) is 26.2 Å². The molecule has 1 saturated heterocycles. The first-order valence-corrected chi connectivity index (χ1v) is 10.9. The first kappa shape index (κ1) is 21.1. The molecule has 4 rings (SSSR count). The van der Waals surface area contributed by atoms with Gasteiger partial charge >= 0.3 is 6.03 Å². The third kappa shape index (κ3) is 5.73. The Morgan fingerprint density at radius 3 is 2.48 bits per heavy atom. The van der Waals surface area contributed by atoms with Crippen LogP contribution >= 0.6 is 0 Å². The summed E-state index contributed by atoms with van der Waals surface area (Å²) in [6.45, 7) is 6.77. The number of carbonyl (C=O) groups excluding carboxylic acids is 1. The van der Waals surface area contributed by atoms with Crippen molar-refractivity contribution in [3.63, 3.8) is 0 Å². The Morgan fingerprint density at radius 1 is 1.03 bits per heavy atom. The minimum atomic E-state index is -0.0511. The number of piperidine rings is 1. The van der Waals surface area contributed by atoms with E-state index in [1.165, 1.54) is 5.56 Å². The second-order valence-corrected chi connectivity index (χ2v) is 8.20. The van der Waals surface area contributed by atoms with E-state index in [0.717, 1.165) is 35.5 Å². The van der Waals surface area contributed by atoms with Crippen LogP contribution in [0.25, 0.3) is 0 Å². The maximum atomic E-state index is 12.7. The van der Waals surface area contributed by atoms with Gasteiger partial charge < -0.3 is 15.0 Å². The van der Waals surface area contributed by atoms with Crippen molar-refractivity contribution in [2.45, 2.75) is 45.9 Å². The minimum Gasteiger partial charge on any atom is -0.373 e. The van der Waals surface area contributed by atoms with E-state index in [2.05, 4.69) is 41.6 Å². The molecule has 1 aromatic heterocycles. The lowest BCUT2D eigenvalue weighted by Crippen LogP contribution is -2.43. The summed E-state index contributed by atoms with van der Waals surface area (Å²) in [5.74, 6) is 0. The van der Waals surface area contributed by atoms with Gasteiger partial charge in [-0.3, -0.25) is 4.68 Å². The molecule has 0 radical (unpaired) electrons. The molecule has 0 unspecified atom stereocenters. The average molecular weight is 419 g/mol. The van der Waals surface area contributed by atoms with E-state index in [9.17, 15) is 4.79 Å². The van der Waals surface area contributed by atoms with Gasteiger partial charge in [0.1, 0.15) is 0 Å². The topological polar surface area (TPSA) is 59.4 Å². The zero-order valence-electron chi connectivity index (χ0n) is 18.3. The van der Waals surface area contributed by atoms with Crippen LogP contribution in [0.3, 0.4) is 0 Å². The van der Waals surface area contributed by atoms with Crippen molar-refractivity contribution in [2.75, 3.05) is 18.4 Å². The van der Waals surface area contributed by atoms with E-state index in [1.54, 1.807) is 0 Å². The first-order chi connectivity index (χ1) is 15.1. The van der Waals surface area contributed by atoms with Crippen LogP contribution in [0, 0.1) is 13.8 Å². The summed E-state index contributed by atoms with van der Waals surface area (Å²) in [4.78, 5) is 14.6. The summed E-state index contributed by atoms with van der Waals surface area (Å²) < 4.78 is 8.02. The first-order valence-electron chi connectivity index (χ1n) is 10.9. The molecule has 31 heavy (non-hydrogen) atoms. The van der Waals surface area contributed by atoms with Gasteiger partial charge in [-0.05, 0) is 56.0 Å². The molecular weight excluding hydrogens is 388 g/mol. The molecule has 0 bridgehead atoms. The summed E-state index contributed by atoms with van der Waals surface area (Å²) in [5.41, 5.74) is 5.24. The fraction of sp³-hybridized carbons (Fsp3) is 0.360. The van der Waals surface area contributed by atoms with Crippen LogP contribution in [0.4, 0.5) is 10.5 Å². The van der Waals surface area contributed by atoms with Crippen LogP contribution in [-0.2, 0) is 17.9 Å². The highest BCUT2D eigenvalue weighted by atomic mass is 16.5. The van der Waals surface area contributed by atoms with Crippen molar-refractivity contribution in [2.24, 2.45) is 0 Å². The summed E-state index contributed by atoms with van der Waals surface area (Å²) >= 11 is 0. The van der Waals surface area contributed by atoms with E-state index in [-0.39, 0.29) is 12.1 Å². The Labute approximate surface area is 183 Å². The van der Waals surface area contributed by atoms with Crippen molar-refractivity contribution in [1.82, 2.24) is 14.7 Å². The Hall–Kier alpha value is -3.12. The third-order valence-corrected chi connectivity index (χ3v) is 5.67. The number of carbonyl (C=O) groups is 1. The minimum absolute atomic E-state index is 0.0511. The summed E-state index contributed by atoms with van der Waals surface area (Å²) in [7, 11) is 0. The second-order valence-electron chi connectivity index (χ2n) is 8.20. The van der Waals surface area contributed by atoms with Crippen molar-refractivity contribution >= 4 is 11.7 Å². The molecule has 1 N–H and O–H groups in total. The zero-order chi connectivity index (χ0) is 21.6. The molecule has 6 heteroatoms. The number of aryl methyl sites for hydroxylation is 2. The summed E-state index contributed by atoms with van der Waals surface area (Å²) in [6, 6.07) is 20.2. The lowest BCUT2D eigenvalue weighted by atomic mass is 10.1. The maximum Gasteiger partial charge on any atom is 0.321 e. The van der Waals surface area contributed by atoms with E-state index >= 15 is 0 Å². The molecule has 0 aliphatic carbocycles. The fourth-order valence-electron chi connectivity index (χ4n) is 3.97. The Bertz CT molecular complexity index is 1010. The highest BCUT2D eigenvalue weighted by Gasteiger charge is 2.23. The van der Waals surface area contributed by atoms with Crippen molar-refractivity contribution in [1.29, 1.82) is 0 Å². The normalized spacial score (nSPS) is 14.6. The van der Waals surface area contributed by atoms with Crippen LogP contribution in [0.5, 0.6) is 0 Å². The van der Waals surface area contributed by atoms with Crippen molar-refractivity contribution < 1.29 is 9.53 Å². The number of anilines is 1. The van der Waals surface area contributed by atoms with Gasteiger partial charge in [-0.1, -0.05) is 42.5 Å². The molecule has 162 valence electrons. The fourth-order valence-corrected chi connectivity index (χ4v) is 3.97. The van der Waals surface area contributed by atoms with E-state index in [4.69, 9.17) is 4.74 Å². The van der Waals surface area contributed by atoms with E-state index in [1.807, 2.05) is 52.9 Å². The van der Waals surface area contributed by atoms with E-state index < -0.39 is 0 Å². The smallest absolute Gasteiger partial charge is 0.321 e. The molecule has 1 aliphatic heterocycles. The molecule has 3 aromatic rings. The van der Waals surface area contributed by atoms with Crippen LogP contribution in [0.15, 0.2) is 60.7 Å². The zero-order valence-corrected chi connectivity index (χ0v) is 18.3. The van der Waals surface area contributed by atoms with Crippen LogP contribution in [0.1, 0.15) is 35.4 Å². The maximum absolute atomic E-state index is 12.7. The molecule has 2 heterocycles. The van der Waals surface area contributed by atoms with Gasteiger partial charge in [0.15, 0.2) is 0 Å². The van der Waals surface area contributed by atoms with Gasteiger partial charge in [0.2, 0.25) is 0 Å². The lowest BCUT2D eigenvalue weighted by Gasteiger charge is -2.32. The van der Waals surface area contributed by atoms with Gasteiger partial charge in [-0.2, -0.15) is 5.10 Å². The molecule has 0 atom stereocenters. The number of likely N-dealkylation sites (tertiary alicyclic amines) is 1. The van der Waals surface area contributed by atoms with Crippen LogP contribution < -0.4 is 5.32 Å². The number of nitrogens with one attached hydrogen (secondary N) is 1. The standard InChI is InChI=1S/C25H30N4O2/c1-19-15-20(2)29(27-19)17-22-9-6-10-23(16-22)26-25(30)28-13-11-24(12-14-28)31-18-21-7-4-3-5-8-21/h3-10,15-16,24H,11-14,17-18H2,1-2H3,(H,26,30). The van der Waals surface area contributed by atoms with Crippen LogP contribution in [-0.4, -0.2) is 39.9 Å². The number of rotatable bonds is 6. The molecule has 1 fully saturated rings. The number of amides is 2. The highest BCUT2D eigenvalue weighted by molar-refractivity contribution is 5.89. The summed E-state index contributed by atoms with van der Waals surface area (Å²) in [6.07, 6.45) is 1.92. The number of aromatic nitrogens is 2. The van der Waals surface area contributed by atoms with Gasteiger partial charge in [-0.25, -0.2) is 4.79 Å². The van der Waals surface area contributed by atoms with Gasteiger partial charge in [0.05, 0.1) is 24.9 Å². The predicted molar refractivity (Wildman–Crippen MR) is 122 cm³/mol. The molecule has 1 aliphatic rings. The van der Waals surface area contributed by atoms with Gasteiger partial charge in [0.25, 0.3) is 0 Å². The molecule has 0 saturated carbocycles. The number of hydrogen-bond acceptors (Lipinski definition) is 3. The second kappa shape index (κ2) is 9.79. The molecule has 6 nitrogen and oxygen atoms in total. The SMILES string of the molecule is Cc1cc(C)n(Cc2cccc(NC(=O)N3CCC(OCc4ccccc4)CC3)c2)n1. The Balaban J connectivity index is 1.26. The van der Waals surface area contributed by atoms with Gasteiger partial charge in [-0.15, -0.1) is 0 Å². The molecule has 0 spiro atoms.